The zero-order valence-electron chi connectivity index (χ0n) is 13.6. The number of hydrogen-bond acceptors (Lipinski definition) is 2. The lowest BCUT2D eigenvalue weighted by Gasteiger charge is -1.98. The molecule has 0 aromatic heterocycles. The van der Waals surface area contributed by atoms with Crippen molar-refractivity contribution >= 4 is 17.1 Å². The first-order chi connectivity index (χ1) is 9.40. The number of aliphatic imine (C=N–C) groups is 2. The summed E-state index contributed by atoms with van der Waals surface area (Å²) in [6.07, 6.45) is 3.71. The summed E-state index contributed by atoms with van der Waals surface area (Å²) < 4.78 is 0. The van der Waals surface area contributed by atoms with Crippen LogP contribution in [0.3, 0.4) is 0 Å². The Balaban J connectivity index is 0.000000370. The van der Waals surface area contributed by atoms with E-state index in [9.17, 15) is 0 Å². The molecule has 0 saturated heterocycles. The Morgan fingerprint density at radius 2 is 1.70 bits per heavy atom. The molecule has 0 heterocycles. The third-order valence-corrected chi connectivity index (χ3v) is 2.53. The normalized spacial score (nSPS) is 11.3. The molecule has 0 aliphatic heterocycles. The maximum atomic E-state index is 4.38. The molecule has 2 heteroatoms. The zero-order chi connectivity index (χ0) is 15.5. The molecule has 0 aliphatic rings. The van der Waals surface area contributed by atoms with E-state index in [0.29, 0.717) is 0 Å². The second kappa shape index (κ2) is 9.90. The zero-order valence-corrected chi connectivity index (χ0v) is 13.6. The minimum absolute atomic E-state index is 0.964. The summed E-state index contributed by atoms with van der Waals surface area (Å²) in [5.74, 6) is 0. The van der Waals surface area contributed by atoms with Gasteiger partial charge in [-0.15, -0.1) is 0 Å². The summed E-state index contributed by atoms with van der Waals surface area (Å²) in [5.41, 5.74) is 5.40. The molecule has 0 amide bonds. The lowest BCUT2D eigenvalue weighted by Crippen LogP contribution is -1.82. The van der Waals surface area contributed by atoms with Crippen LogP contribution in [0.25, 0.3) is 0 Å². The van der Waals surface area contributed by atoms with Crippen molar-refractivity contribution in [2.24, 2.45) is 9.98 Å². The van der Waals surface area contributed by atoms with E-state index >= 15 is 0 Å². The first-order valence-electron chi connectivity index (χ1n) is 6.78. The first-order valence-corrected chi connectivity index (χ1v) is 6.78. The smallest absolute Gasteiger partial charge is 0.0657 e. The summed E-state index contributed by atoms with van der Waals surface area (Å²) in [5, 5.41) is 0. The molecule has 2 nitrogen and oxygen atoms in total. The van der Waals surface area contributed by atoms with Crippen LogP contribution in [-0.2, 0) is 0 Å². The molecule has 1 aromatic carbocycles. The van der Waals surface area contributed by atoms with Gasteiger partial charge >= 0.3 is 0 Å². The van der Waals surface area contributed by atoms with Gasteiger partial charge in [-0.1, -0.05) is 30.9 Å². The molecule has 108 valence electrons. The maximum absolute atomic E-state index is 4.38. The second-order valence-corrected chi connectivity index (χ2v) is 4.73. The van der Waals surface area contributed by atoms with Crippen LogP contribution >= 0.6 is 0 Å². The van der Waals surface area contributed by atoms with E-state index in [1.807, 2.05) is 58.9 Å². The number of rotatable bonds is 3. The Morgan fingerprint density at radius 1 is 1.10 bits per heavy atom. The van der Waals surface area contributed by atoms with Crippen molar-refractivity contribution in [2.45, 2.75) is 41.5 Å². The quantitative estimate of drug-likeness (QED) is 0.633. The van der Waals surface area contributed by atoms with Crippen molar-refractivity contribution in [2.75, 3.05) is 0 Å². The van der Waals surface area contributed by atoms with Crippen LogP contribution in [0.1, 0.15) is 40.2 Å². The average molecular weight is 270 g/mol. The van der Waals surface area contributed by atoms with Crippen LogP contribution in [0.4, 0.5) is 5.69 Å². The molecular weight excluding hydrogens is 244 g/mol. The number of allylic oxidation sites excluding steroid dienone is 3. The van der Waals surface area contributed by atoms with E-state index in [2.05, 4.69) is 29.6 Å². The molecule has 0 spiro atoms. The maximum Gasteiger partial charge on any atom is 0.0657 e. The van der Waals surface area contributed by atoms with Crippen LogP contribution in [0.5, 0.6) is 0 Å². The Bertz CT molecular complexity index is 516. The molecule has 0 saturated carbocycles. The number of benzene rings is 1. The minimum Gasteiger partial charge on any atom is -0.259 e. The number of nitrogens with zero attached hydrogens (tertiary/aromatic N) is 2. The first kappa shape index (κ1) is 18.0. The molecule has 20 heavy (non-hydrogen) atoms. The van der Waals surface area contributed by atoms with E-state index in [1.54, 1.807) is 6.08 Å². The van der Waals surface area contributed by atoms with Gasteiger partial charge in [0.1, 0.15) is 0 Å². The molecule has 0 aliphatic carbocycles. The minimum atomic E-state index is 0.964. The fourth-order valence-electron chi connectivity index (χ4n) is 1.32. The van der Waals surface area contributed by atoms with Gasteiger partial charge in [0, 0.05) is 17.1 Å². The SMILES string of the molecule is C=CC(C)=N/C(C)=C\C.CC(C)=Nc1ccccc1C. The number of hydrogen-bond donors (Lipinski definition) is 0. The summed E-state index contributed by atoms with van der Waals surface area (Å²) in [4.78, 5) is 8.55. The van der Waals surface area contributed by atoms with Gasteiger partial charge < -0.3 is 0 Å². The lowest BCUT2D eigenvalue weighted by atomic mass is 10.2. The third-order valence-electron chi connectivity index (χ3n) is 2.53. The lowest BCUT2D eigenvalue weighted by molar-refractivity contribution is 1.28. The molecule has 0 atom stereocenters. The van der Waals surface area contributed by atoms with Crippen molar-refractivity contribution in [1.82, 2.24) is 0 Å². The third kappa shape index (κ3) is 8.20. The van der Waals surface area contributed by atoms with Crippen molar-refractivity contribution in [3.8, 4) is 0 Å². The van der Waals surface area contributed by atoms with Crippen LogP contribution in [0.2, 0.25) is 0 Å². The molecule has 0 fully saturated rings. The van der Waals surface area contributed by atoms with Crippen molar-refractivity contribution in [3.63, 3.8) is 0 Å². The molecule has 1 rings (SSSR count). The van der Waals surface area contributed by atoms with E-state index in [0.717, 1.165) is 22.8 Å². The second-order valence-electron chi connectivity index (χ2n) is 4.73. The van der Waals surface area contributed by atoms with E-state index in [4.69, 9.17) is 0 Å². The van der Waals surface area contributed by atoms with Gasteiger partial charge in [0.15, 0.2) is 0 Å². The van der Waals surface area contributed by atoms with Crippen LogP contribution in [-0.4, -0.2) is 11.4 Å². The fraction of sp³-hybridized carbons (Fsp3) is 0.333. The topological polar surface area (TPSA) is 24.7 Å². The van der Waals surface area contributed by atoms with Gasteiger partial charge in [-0.3, -0.25) is 9.98 Å². The highest BCUT2D eigenvalue weighted by atomic mass is 14.7. The van der Waals surface area contributed by atoms with Crippen molar-refractivity contribution in [3.05, 3.63) is 54.3 Å². The van der Waals surface area contributed by atoms with E-state index in [1.165, 1.54) is 5.56 Å². The highest BCUT2D eigenvalue weighted by molar-refractivity contribution is 5.92. The fourth-order valence-corrected chi connectivity index (χ4v) is 1.32. The summed E-state index contributed by atoms with van der Waals surface area (Å²) >= 11 is 0. The van der Waals surface area contributed by atoms with Crippen molar-refractivity contribution < 1.29 is 0 Å². The van der Waals surface area contributed by atoms with Gasteiger partial charge in [0.05, 0.1) is 5.69 Å². The summed E-state index contributed by atoms with van der Waals surface area (Å²) in [7, 11) is 0. The Hall–Kier alpha value is -1.96. The average Bonchev–Trinajstić information content (AvgIpc) is 2.41. The van der Waals surface area contributed by atoms with Gasteiger partial charge in [-0.2, -0.15) is 0 Å². The highest BCUT2D eigenvalue weighted by Crippen LogP contribution is 2.16. The highest BCUT2D eigenvalue weighted by Gasteiger charge is 1.91. The van der Waals surface area contributed by atoms with Crippen LogP contribution < -0.4 is 0 Å². The van der Waals surface area contributed by atoms with Crippen molar-refractivity contribution in [1.29, 1.82) is 0 Å². The largest absolute Gasteiger partial charge is 0.259 e. The summed E-state index contributed by atoms with van der Waals surface area (Å²) in [6.45, 7) is 15.5. The molecule has 0 N–H and O–H groups in total. The monoisotopic (exact) mass is 270 g/mol. The standard InChI is InChI=1S/C10H13N.C8H13N/c1-8(2)11-10-7-5-4-6-9(10)3;1-5-7(3)9-8(4)6-2/h4-7H,1-3H3;5-6H,1H2,2-4H3/b;8-6-,9-7?. The molecule has 0 unspecified atom stereocenters. The number of para-hydroxylation sites is 1. The van der Waals surface area contributed by atoms with Crippen LogP contribution in [0, 0.1) is 6.92 Å². The van der Waals surface area contributed by atoms with Gasteiger partial charge in [0.2, 0.25) is 0 Å². The predicted octanol–water partition coefficient (Wildman–Crippen LogP) is 5.66. The van der Waals surface area contributed by atoms with Gasteiger partial charge in [-0.25, -0.2) is 0 Å². The van der Waals surface area contributed by atoms with Crippen LogP contribution in [0.15, 0.2) is 58.7 Å². The van der Waals surface area contributed by atoms with Gasteiger partial charge in [0.25, 0.3) is 0 Å². The predicted molar refractivity (Wildman–Crippen MR) is 92.4 cm³/mol. The number of aryl methyl sites for hydroxylation is 1. The Morgan fingerprint density at radius 3 is 2.15 bits per heavy atom. The van der Waals surface area contributed by atoms with E-state index in [-0.39, 0.29) is 0 Å². The Labute approximate surface area is 123 Å². The summed E-state index contributed by atoms with van der Waals surface area (Å²) in [6, 6.07) is 8.14. The molecule has 0 radical (unpaired) electrons. The molecule has 0 bridgehead atoms. The molecule has 1 aromatic rings. The molecular formula is C18H26N2. The Kier molecular flexibility index (Phi) is 8.93. The van der Waals surface area contributed by atoms with E-state index < -0.39 is 0 Å². The van der Waals surface area contributed by atoms with Gasteiger partial charge in [-0.05, 0) is 59.2 Å².